The van der Waals surface area contributed by atoms with Gasteiger partial charge in [0.1, 0.15) is 0 Å². The van der Waals surface area contributed by atoms with E-state index in [0.29, 0.717) is 0 Å². The number of carbonyl (C=O) groups excluding carboxylic acids is 1. The average Bonchev–Trinajstić information content (AvgIpc) is 2.53. The number of hydrogen-bond donors (Lipinski definition) is 2. The highest BCUT2D eigenvalue weighted by molar-refractivity contribution is 7.98. The van der Waals surface area contributed by atoms with Gasteiger partial charge < -0.3 is 11.1 Å². The maximum atomic E-state index is 12.1. The fourth-order valence-corrected chi connectivity index (χ4v) is 3.16. The second kappa shape index (κ2) is 6.50. The summed E-state index contributed by atoms with van der Waals surface area (Å²) in [4.78, 5) is 17.3. The van der Waals surface area contributed by atoms with Gasteiger partial charge in [-0.1, -0.05) is 6.07 Å². The fraction of sp³-hybridized carbons (Fsp3) is 0.294. The van der Waals surface area contributed by atoms with Crippen LogP contribution < -0.4 is 11.1 Å². The molecule has 22 heavy (non-hydrogen) atoms. The normalized spacial score (nSPS) is 15.9. The van der Waals surface area contributed by atoms with Crippen molar-refractivity contribution in [2.45, 2.75) is 35.4 Å². The van der Waals surface area contributed by atoms with Crippen molar-refractivity contribution in [3.8, 4) is 0 Å². The molecule has 1 aliphatic carbocycles. The number of aromatic nitrogens is 1. The fourth-order valence-electron chi connectivity index (χ4n) is 2.32. The molecule has 3 N–H and O–H groups in total. The van der Waals surface area contributed by atoms with Gasteiger partial charge in [0.2, 0.25) is 5.91 Å². The number of thioether (sulfide) groups is 1. The summed E-state index contributed by atoms with van der Waals surface area (Å²) < 4.78 is 0. The van der Waals surface area contributed by atoms with Crippen molar-refractivity contribution in [2.75, 3.05) is 5.32 Å². The number of nitrogens with two attached hydrogens (primary N) is 1. The predicted molar refractivity (Wildman–Crippen MR) is 89.6 cm³/mol. The Morgan fingerprint density at radius 1 is 1.27 bits per heavy atom. The van der Waals surface area contributed by atoms with E-state index in [1.807, 2.05) is 36.5 Å². The minimum atomic E-state index is -0.659. The zero-order valence-electron chi connectivity index (χ0n) is 12.3. The predicted octanol–water partition coefficient (Wildman–Crippen LogP) is 3.19. The molecule has 0 aliphatic heterocycles. The standard InChI is InChI=1S/C17H19N3OS/c18-17(8-2-9-17)16(21)20-14-4-6-15(7-5-14)22-12-13-3-1-10-19-11-13/h1,3-7,10-11H,2,8-9,12,18H2,(H,20,21). The van der Waals surface area contributed by atoms with Gasteiger partial charge in [0, 0.05) is 28.7 Å². The first kappa shape index (κ1) is 15.1. The molecular weight excluding hydrogens is 294 g/mol. The summed E-state index contributed by atoms with van der Waals surface area (Å²) >= 11 is 1.74. The average molecular weight is 313 g/mol. The van der Waals surface area contributed by atoms with Crippen LogP contribution in [-0.2, 0) is 10.5 Å². The van der Waals surface area contributed by atoms with E-state index >= 15 is 0 Å². The maximum absolute atomic E-state index is 12.1. The molecule has 0 radical (unpaired) electrons. The first-order valence-electron chi connectivity index (χ1n) is 7.38. The summed E-state index contributed by atoms with van der Waals surface area (Å²) in [5, 5.41) is 2.90. The van der Waals surface area contributed by atoms with E-state index in [1.54, 1.807) is 18.0 Å². The van der Waals surface area contributed by atoms with E-state index < -0.39 is 5.54 Å². The zero-order chi connectivity index (χ0) is 15.4. The lowest BCUT2D eigenvalue weighted by Gasteiger charge is -2.36. The Bertz CT molecular complexity index is 639. The molecule has 4 nitrogen and oxygen atoms in total. The molecule has 1 saturated carbocycles. The van der Waals surface area contributed by atoms with Crippen LogP contribution in [-0.4, -0.2) is 16.4 Å². The van der Waals surface area contributed by atoms with Crippen LogP contribution in [0.5, 0.6) is 0 Å². The molecule has 0 spiro atoms. The zero-order valence-corrected chi connectivity index (χ0v) is 13.1. The smallest absolute Gasteiger partial charge is 0.244 e. The number of nitrogens with zero attached hydrogens (tertiary/aromatic N) is 1. The van der Waals surface area contributed by atoms with Crippen molar-refractivity contribution >= 4 is 23.4 Å². The van der Waals surface area contributed by atoms with Gasteiger partial charge in [0.05, 0.1) is 5.54 Å². The molecule has 1 aliphatic rings. The second-order valence-corrected chi connectivity index (χ2v) is 6.69. The monoisotopic (exact) mass is 313 g/mol. The molecule has 0 saturated heterocycles. The first-order chi connectivity index (χ1) is 10.7. The second-order valence-electron chi connectivity index (χ2n) is 5.64. The van der Waals surface area contributed by atoms with Crippen LogP contribution >= 0.6 is 11.8 Å². The topological polar surface area (TPSA) is 68.0 Å². The van der Waals surface area contributed by atoms with E-state index in [4.69, 9.17) is 5.73 Å². The quantitative estimate of drug-likeness (QED) is 0.832. The molecule has 2 aromatic rings. The van der Waals surface area contributed by atoms with Crippen molar-refractivity contribution in [3.05, 3.63) is 54.4 Å². The van der Waals surface area contributed by atoms with E-state index in [1.165, 1.54) is 5.56 Å². The molecule has 3 rings (SSSR count). The van der Waals surface area contributed by atoms with Gasteiger partial charge in [-0.15, -0.1) is 11.8 Å². The summed E-state index contributed by atoms with van der Waals surface area (Å²) in [5.74, 6) is 0.806. The number of hydrogen-bond acceptors (Lipinski definition) is 4. The molecule has 0 atom stereocenters. The van der Waals surface area contributed by atoms with Crippen molar-refractivity contribution in [1.82, 2.24) is 4.98 Å². The SMILES string of the molecule is NC1(C(=O)Nc2ccc(SCc3cccnc3)cc2)CCC1. The summed E-state index contributed by atoms with van der Waals surface area (Å²) in [6, 6.07) is 11.9. The molecule has 1 aromatic heterocycles. The van der Waals surface area contributed by atoms with Crippen LogP contribution in [0, 0.1) is 0 Å². The highest BCUT2D eigenvalue weighted by Gasteiger charge is 2.40. The lowest BCUT2D eigenvalue weighted by atomic mass is 9.77. The third-order valence-electron chi connectivity index (χ3n) is 3.94. The minimum absolute atomic E-state index is 0.0745. The van der Waals surface area contributed by atoms with Gasteiger partial charge in [-0.2, -0.15) is 0 Å². The van der Waals surface area contributed by atoms with Crippen LogP contribution in [0.4, 0.5) is 5.69 Å². The van der Waals surface area contributed by atoms with Gasteiger partial charge >= 0.3 is 0 Å². The van der Waals surface area contributed by atoms with Gasteiger partial charge in [-0.05, 0) is 55.2 Å². The van der Waals surface area contributed by atoms with Crippen LogP contribution in [0.1, 0.15) is 24.8 Å². The Kier molecular flexibility index (Phi) is 4.45. The van der Waals surface area contributed by atoms with Crippen molar-refractivity contribution < 1.29 is 4.79 Å². The van der Waals surface area contributed by atoms with E-state index in [-0.39, 0.29) is 5.91 Å². The van der Waals surface area contributed by atoms with E-state index in [2.05, 4.69) is 16.4 Å². The van der Waals surface area contributed by atoms with Crippen LogP contribution in [0.25, 0.3) is 0 Å². The van der Waals surface area contributed by atoms with Crippen molar-refractivity contribution in [3.63, 3.8) is 0 Å². The van der Waals surface area contributed by atoms with Crippen LogP contribution in [0.15, 0.2) is 53.7 Å². The Morgan fingerprint density at radius 2 is 2.05 bits per heavy atom. The molecular formula is C17H19N3OS. The summed E-state index contributed by atoms with van der Waals surface area (Å²) in [5.41, 5.74) is 7.35. The number of nitrogens with one attached hydrogen (secondary N) is 1. The Balaban J connectivity index is 1.55. The van der Waals surface area contributed by atoms with Crippen molar-refractivity contribution in [2.24, 2.45) is 5.73 Å². The number of anilines is 1. The minimum Gasteiger partial charge on any atom is -0.324 e. The molecule has 5 heteroatoms. The lowest BCUT2D eigenvalue weighted by Crippen LogP contribution is -2.56. The first-order valence-corrected chi connectivity index (χ1v) is 8.36. The van der Waals surface area contributed by atoms with E-state index in [9.17, 15) is 4.79 Å². The largest absolute Gasteiger partial charge is 0.324 e. The molecule has 1 fully saturated rings. The number of rotatable bonds is 5. The van der Waals surface area contributed by atoms with Gasteiger partial charge in [0.25, 0.3) is 0 Å². The number of carbonyl (C=O) groups is 1. The third-order valence-corrected chi connectivity index (χ3v) is 5.02. The van der Waals surface area contributed by atoms with Gasteiger partial charge in [-0.25, -0.2) is 0 Å². The maximum Gasteiger partial charge on any atom is 0.244 e. The van der Waals surface area contributed by atoms with Crippen LogP contribution in [0.3, 0.4) is 0 Å². The highest BCUT2D eigenvalue weighted by Crippen LogP contribution is 2.30. The molecule has 0 unspecified atom stereocenters. The molecule has 0 bridgehead atoms. The number of amides is 1. The lowest BCUT2D eigenvalue weighted by molar-refractivity contribution is -0.123. The summed E-state index contributed by atoms with van der Waals surface area (Å²) in [6.07, 6.45) is 6.24. The molecule has 1 aromatic carbocycles. The number of benzene rings is 1. The van der Waals surface area contributed by atoms with Crippen molar-refractivity contribution in [1.29, 1.82) is 0 Å². The van der Waals surface area contributed by atoms with Crippen LogP contribution in [0.2, 0.25) is 0 Å². The molecule has 1 amide bonds. The Labute approximate surface area is 134 Å². The summed E-state index contributed by atoms with van der Waals surface area (Å²) in [6.45, 7) is 0. The molecule has 114 valence electrons. The Hall–Kier alpha value is -1.85. The highest BCUT2D eigenvalue weighted by atomic mass is 32.2. The number of pyridine rings is 1. The Morgan fingerprint density at radius 3 is 2.64 bits per heavy atom. The third kappa shape index (κ3) is 3.48. The molecule has 1 heterocycles. The van der Waals surface area contributed by atoms with E-state index in [0.717, 1.165) is 35.6 Å². The van der Waals surface area contributed by atoms with Gasteiger partial charge in [-0.3, -0.25) is 9.78 Å². The summed E-state index contributed by atoms with van der Waals surface area (Å²) in [7, 11) is 0. The van der Waals surface area contributed by atoms with Gasteiger partial charge in [0.15, 0.2) is 0 Å².